The molecule has 2 nitrogen and oxygen atoms in total. The first-order valence-electron chi connectivity index (χ1n) is 6.51. The molecule has 1 aromatic carbocycles. The Balaban J connectivity index is 1.80. The van der Waals surface area contributed by atoms with Crippen LogP contribution >= 0.6 is 23.1 Å². The number of thiazole rings is 1. The van der Waals surface area contributed by atoms with Crippen molar-refractivity contribution in [3.63, 3.8) is 0 Å². The second-order valence-corrected chi connectivity index (χ2v) is 6.41. The minimum absolute atomic E-state index is 0.225. The summed E-state index contributed by atoms with van der Waals surface area (Å²) in [5.41, 5.74) is 2.04. The van der Waals surface area contributed by atoms with Crippen LogP contribution in [0, 0.1) is 5.82 Å². The number of nitrogens with zero attached hydrogens (tertiary/aromatic N) is 1. The standard InChI is InChI=1S/C15H16FNOS2/c16-13-5-3-12(4-6-13)15-17-14(11-20-15)7-10-19-9-2-1-8-18/h3-6,8,11H,1-2,7,9-10H2. The maximum atomic E-state index is 12.9. The molecule has 0 atom stereocenters. The molecule has 0 N–H and O–H groups in total. The van der Waals surface area contributed by atoms with Gasteiger partial charge in [0.15, 0.2) is 0 Å². The molecule has 0 aliphatic heterocycles. The van der Waals surface area contributed by atoms with Gasteiger partial charge in [-0.15, -0.1) is 11.3 Å². The van der Waals surface area contributed by atoms with E-state index in [2.05, 4.69) is 10.4 Å². The number of aromatic nitrogens is 1. The number of carbonyl (C=O) groups is 1. The highest BCUT2D eigenvalue weighted by molar-refractivity contribution is 7.99. The van der Waals surface area contributed by atoms with Crippen molar-refractivity contribution < 1.29 is 9.18 Å². The summed E-state index contributed by atoms with van der Waals surface area (Å²) in [6.45, 7) is 0. The van der Waals surface area contributed by atoms with E-state index < -0.39 is 0 Å². The molecular weight excluding hydrogens is 293 g/mol. The summed E-state index contributed by atoms with van der Waals surface area (Å²) < 4.78 is 12.9. The fourth-order valence-corrected chi connectivity index (χ4v) is 3.48. The van der Waals surface area contributed by atoms with Crippen molar-refractivity contribution in [1.29, 1.82) is 0 Å². The minimum atomic E-state index is -0.225. The van der Waals surface area contributed by atoms with Crippen molar-refractivity contribution in [1.82, 2.24) is 4.98 Å². The Morgan fingerprint density at radius 3 is 2.80 bits per heavy atom. The summed E-state index contributed by atoms with van der Waals surface area (Å²) in [6.07, 6.45) is 3.50. The van der Waals surface area contributed by atoms with Crippen LogP contribution in [0.1, 0.15) is 18.5 Å². The van der Waals surface area contributed by atoms with Crippen LogP contribution in [0.2, 0.25) is 0 Å². The van der Waals surface area contributed by atoms with Crippen LogP contribution in [0.15, 0.2) is 29.6 Å². The molecule has 0 amide bonds. The lowest BCUT2D eigenvalue weighted by Gasteiger charge is -1.98. The van der Waals surface area contributed by atoms with Gasteiger partial charge in [-0.3, -0.25) is 0 Å². The third-order valence-corrected chi connectivity index (χ3v) is 4.77. The highest BCUT2D eigenvalue weighted by Crippen LogP contribution is 2.24. The molecule has 2 rings (SSSR count). The summed E-state index contributed by atoms with van der Waals surface area (Å²) in [4.78, 5) is 14.7. The Kier molecular flexibility index (Phi) is 6.21. The molecule has 0 radical (unpaired) electrons. The van der Waals surface area contributed by atoms with Crippen LogP contribution in [0.25, 0.3) is 10.6 Å². The Morgan fingerprint density at radius 1 is 1.25 bits per heavy atom. The van der Waals surface area contributed by atoms with E-state index in [0.717, 1.165) is 46.9 Å². The van der Waals surface area contributed by atoms with Crippen LogP contribution in [-0.4, -0.2) is 22.8 Å². The third-order valence-electron chi connectivity index (χ3n) is 2.76. The highest BCUT2D eigenvalue weighted by atomic mass is 32.2. The van der Waals surface area contributed by atoms with Gasteiger partial charge in [0.05, 0.1) is 5.69 Å². The van der Waals surface area contributed by atoms with Crippen LogP contribution in [-0.2, 0) is 11.2 Å². The Labute approximate surface area is 126 Å². The number of carbonyl (C=O) groups excluding carboxylic acids is 1. The molecule has 5 heteroatoms. The first kappa shape index (κ1) is 15.2. The molecule has 106 valence electrons. The van der Waals surface area contributed by atoms with Crippen LogP contribution < -0.4 is 0 Å². The molecule has 0 aliphatic carbocycles. The van der Waals surface area contributed by atoms with Gasteiger partial charge in [0.25, 0.3) is 0 Å². The zero-order chi connectivity index (χ0) is 14.2. The number of aryl methyl sites for hydroxylation is 1. The number of hydrogen-bond donors (Lipinski definition) is 0. The van der Waals surface area contributed by atoms with E-state index in [0.29, 0.717) is 6.42 Å². The van der Waals surface area contributed by atoms with Crippen LogP contribution in [0.3, 0.4) is 0 Å². The first-order valence-corrected chi connectivity index (χ1v) is 8.55. The highest BCUT2D eigenvalue weighted by Gasteiger charge is 2.05. The second kappa shape index (κ2) is 8.17. The second-order valence-electron chi connectivity index (χ2n) is 4.32. The van der Waals surface area contributed by atoms with Gasteiger partial charge < -0.3 is 4.79 Å². The monoisotopic (exact) mass is 309 g/mol. The smallest absolute Gasteiger partial charge is 0.123 e. The summed E-state index contributed by atoms with van der Waals surface area (Å²) >= 11 is 3.44. The van der Waals surface area contributed by atoms with Gasteiger partial charge in [0.2, 0.25) is 0 Å². The fourth-order valence-electron chi connectivity index (χ4n) is 1.69. The molecule has 20 heavy (non-hydrogen) atoms. The molecule has 0 fully saturated rings. The fraction of sp³-hybridized carbons (Fsp3) is 0.333. The number of benzene rings is 1. The van der Waals surface area contributed by atoms with E-state index in [9.17, 15) is 9.18 Å². The maximum absolute atomic E-state index is 12.9. The van der Waals surface area contributed by atoms with Crippen molar-refractivity contribution >= 4 is 29.4 Å². The van der Waals surface area contributed by atoms with Crippen molar-refractivity contribution in [2.75, 3.05) is 11.5 Å². The molecule has 0 saturated heterocycles. The predicted octanol–water partition coefficient (Wildman–Crippen LogP) is 4.20. The lowest BCUT2D eigenvalue weighted by atomic mass is 10.2. The average molecular weight is 309 g/mol. The Hall–Kier alpha value is -1.20. The number of thioether (sulfide) groups is 1. The molecule has 1 aromatic heterocycles. The van der Waals surface area contributed by atoms with Gasteiger partial charge in [0, 0.05) is 17.4 Å². The normalized spacial score (nSPS) is 10.7. The van der Waals surface area contributed by atoms with Crippen LogP contribution in [0.5, 0.6) is 0 Å². The van der Waals surface area contributed by atoms with Gasteiger partial charge >= 0.3 is 0 Å². The van der Waals surface area contributed by atoms with E-state index in [1.54, 1.807) is 23.5 Å². The number of halogens is 1. The predicted molar refractivity (Wildman–Crippen MR) is 83.8 cm³/mol. The van der Waals surface area contributed by atoms with Gasteiger partial charge in [-0.1, -0.05) is 0 Å². The van der Waals surface area contributed by atoms with Gasteiger partial charge in [0.1, 0.15) is 17.1 Å². The zero-order valence-corrected chi connectivity index (χ0v) is 12.7. The average Bonchev–Trinajstić information content (AvgIpc) is 2.92. The van der Waals surface area contributed by atoms with Crippen LogP contribution in [0.4, 0.5) is 4.39 Å². The van der Waals surface area contributed by atoms with Crippen molar-refractivity contribution in [2.24, 2.45) is 0 Å². The van der Waals surface area contributed by atoms with E-state index in [1.807, 2.05) is 11.8 Å². The lowest BCUT2D eigenvalue weighted by molar-refractivity contribution is -0.107. The maximum Gasteiger partial charge on any atom is 0.123 e. The molecule has 0 unspecified atom stereocenters. The quantitative estimate of drug-likeness (QED) is 0.540. The van der Waals surface area contributed by atoms with E-state index in [4.69, 9.17) is 0 Å². The Morgan fingerprint density at radius 2 is 2.05 bits per heavy atom. The van der Waals surface area contributed by atoms with Gasteiger partial charge in [-0.2, -0.15) is 11.8 Å². The van der Waals surface area contributed by atoms with Gasteiger partial charge in [-0.05, 0) is 48.6 Å². The van der Waals surface area contributed by atoms with E-state index >= 15 is 0 Å². The van der Waals surface area contributed by atoms with E-state index in [1.165, 1.54) is 12.1 Å². The molecule has 0 spiro atoms. The first-order chi connectivity index (χ1) is 9.79. The molecule has 0 bridgehead atoms. The SMILES string of the molecule is O=CCCCSCCc1csc(-c2ccc(F)cc2)n1. The summed E-state index contributed by atoms with van der Waals surface area (Å²) in [7, 11) is 0. The van der Waals surface area contributed by atoms with Gasteiger partial charge in [-0.25, -0.2) is 9.37 Å². The summed E-state index contributed by atoms with van der Waals surface area (Å²) in [5, 5.41) is 3.00. The van der Waals surface area contributed by atoms with Crippen molar-refractivity contribution in [3.05, 3.63) is 41.2 Å². The molecular formula is C15H16FNOS2. The third kappa shape index (κ3) is 4.72. The Bertz CT molecular complexity index is 539. The largest absolute Gasteiger partial charge is 0.303 e. The molecule has 1 heterocycles. The minimum Gasteiger partial charge on any atom is -0.303 e. The molecule has 0 saturated carbocycles. The van der Waals surface area contributed by atoms with Crippen molar-refractivity contribution in [3.8, 4) is 10.6 Å². The number of unbranched alkanes of at least 4 members (excludes halogenated alkanes) is 1. The summed E-state index contributed by atoms with van der Waals surface area (Å²) in [5.74, 6) is 1.82. The topological polar surface area (TPSA) is 30.0 Å². The lowest BCUT2D eigenvalue weighted by Crippen LogP contribution is -1.91. The van der Waals surface area contributed by atoms with E-state index in [-0.39, 0.29) is 5.82 Å². The summed E-state index contributed by atoms with van der Waals surface area (Å²) in [6, 6.07) is 6.43. The molecule has 2 aromatic rings. The number of rotatable bonds is 8. The zero-order valence-electron chi connectivity index (χ0n) is 11.0. The molecule has 0 aliphatic rings. The van der Waals surface area contributed by atoms with Crippen molar-refractivity contribution in [2.45, 2.75) is 19.3 Å². The number of aldehydes is 1. The number of hydrogen-bond acceptors (Lipinski definition) is 4.